The van der Waals surface area contributed by atoms with Crippen LogP contribution < -0.4 is 5.73 Å². The third-order valence-electron chi connectivity index (χ3n) is 4.16. The number of aliphatic hydroxyl groups excluding tert-OH is 2. The van der Waals surface area contributed by atoms with Gasteiger partial charge in [0, 0.05) is 22.7 Å². The molecule has 8 heteroatoms. The number of rotatable bonds is 2. The van der Waals surface area contributed by atoms with Gasteiger partial charge < -0.3 is 25.8 Å². The van der Waals surface area contributed by atoms with Gasteiger partial charge in [-0.25, -0.2) is 0 Å². The van der Waals surface area contributed by atoms with E-state index >= 15 is 0 Å². The van der Waals surface area contributed by atoms with Gasteiger partial charge in [-0.15, -0.1) is 11.3 Å². The first-order valence-electron chi connectivity index (χ1n) is 6.61. The van der Waals surface area contributed by atoms with E-state index in [1.807, 2.05) is 6.07 Å². The van der Waals surface area contributed by atoms with E-state index in [1.54, 1.807) is 11.4 Å². The second-order valence-corrected chi connectivity index (χ2v) is 6.33. The molecule has 5 N–H and O–H groups in total. The monoisotopic (exact) mass is 321 g/mol. The van der Waals surface area contributed by atoms with Gasteiger partial charge in [0.25, 0.3) is 0 Å². The van der Waals surface area contributed by atoms with Crippen LogP contribution in [0.2, 0.25) is 0 Å². The van der Waals surface area contributed by atoms with Crippen LogP contribution in [0, 0.1) is 11.3 Å². The van der Waals surface area contributed by atoms with Crippen molar-refractivity contribution in [3.05, 3.63) is 22.5 Å². The maximum atomic E-state index is 10.7. The zero-order chi connectivity index (χ0) is 16.1. The molecule has 7 nitrogen and oxygen atoms in total. The molecule has 4 atom stereocenters. The Hall–Kier alpha value is -1.76. The van der Waals surface area contributed by atoms with Crippen molar-refractivity contribution in [2.24, 2.45) is 0 Å². The first-order chi connectivity index (χ1) is 10.4. The summed E-state index contributed by atoms with van der Waals surface area (Å²) in [7, 11) is 0. The van der Waals surface area contributed by atoms with Gasteiger partial charge in [-0.1, -0.05) is 0 Å². The van der Waals surface area contributed by atoms with Gasteiger partial charge in [-0.05, 0) is 13.0 Å². The molecule has 0 aromatic carbocycles. The number of pyridine rings is 1. The van der Waals surface area contributed by atoms with E-state index in [2.05, 4.69) is 4.98 Å². The van der Waals surface area contributed by atoms with Crippen LogP contribution in [0.25, 0.3) is 10.9 Å². The summed E-state index contributed by atoms with van der Waals surface area (Å²) in [6, 6.07) is 3.60. The van der Waals surface area contributed by atoms with Gasteiger partial charge in [0.05, 0.1) is 17.0 Å². The van der Waals surface area contributed by atoms with E-state index in [4.69, 9.17) is 10.5 Å². The van der Waals surface area contributed by atoms with Gasteiger partial charge in [0.2, 0.25) is 5.60 Å². The van der Waals surface area contributed by atoms with Crippen LogP contribution in [-0.4, -0.2) is 44.7 Å². The summed E-state index contributed by atoms with van der Waals surface area (Å²) in [6.07, 6.45) is -0.967. The zero-order valence-corrected chi connectivity index (χ0v) is 12.5. The molecule has 22 heavy (non-hydrogen) atoms. The summed E-state index contributed by atoms with van der Waals surface area (Å²) in [4.78, 5) is 4.58. The molecule has 0 saturated carbocycles. The summed E-state index contributed by atoms with van der Waals surface area (Å²) in [6.45, 7) is 0.800. The SMILES string of the molecule is C[C@@]1(O)[C@H](O)[C@@H](CO)O[C@@]1(C#N)c1scc2c(N)ccnc12. The second kappa shape index (κ2) is 4.87. The number of fused-ring (bicyclic) bond motifs is 1. The van der Waals surface area contributed by atoms with Crippen LogP contribution in [-0.2, 0) is 10.3 Å². The third kappa shape index (κ3) is 1.71. The van der Waals surface area contributed by atoms with Crippen LogP contribution in [0.3, 0.4) is 0 Å². The average molecular weight is 321 g/mol. The van der Waals surface area contributed by atoms with Crippen molar-refractivity contribution < 1.29 is 20.1 Å². The molecular weight excluding hydrogens is 306 g/mol. The number of aliphatic hydroxyl groups is 3. The molecule has 0 amide bonds. The Kier molecular flexibility index (Phi) is 3.36. The lowest BCUT2D eigenvalue weighted by atomic mass is 9.81. The fraction of sp³-hybridized carbons (Fsp3) is 0.429. The number of anilines is 1. The lowest BCUT2D eigenvalue weighted by molar-refractivity contribution is -0.104. The summed E-state index contributed by atoms with van der Waals surface area (Å²) in [5.41, 5.74) is 3.10. The van der Waals surface area contributed by atoms with Gasteiger partial charge in [-0.2, -0.15) is 5.26 Å². The third-order valence-corrected chi connectivity index (χ3v) is 5.23. The average Bonchev–Trinajstić information content (AvgIpc) is 3.01. The molecule has 0 radical (unpaired) electrons. The smallest absolute Gasteiger partial charge is 0.222 e. The highest BCUT2D eigenvalue weighted by atomic mass is 32.1. The van der Waals surface area contributed by atoms with Gasteiger partial charge in [-0.3, -0.25) is 4.98 Å². The zero-order valence-electron chi connectivity index (χ0n) is 11.7. The highest BCUT2D eigenvalue weighted by molar-refractivity contribution is 7.11. The van der Waals surface area contributed by atoms with Crippen LogP contribution in [0.1, 0.15) is 11.8 Å². The van der Waals surface area contributed by atoms with E-state index in [9.17, 15) is 20.6 Å². The maximum Gasteiger partial charge on any atom is 0.222 e. The van der Waals surface area contributed by atoms with Gasteiger partial charge in [0.1, 0.15) is 23.9 Å². The normalized spacial score (nSPS) is 34.9. The molecule has 3 rings (SSSR count). The highest BCUT2D eigenvalue weighted by Crippen LogP contribution is 2.50. The lowest BCUT2D eigenvalue weighted by Crippen LogP contribution is -2.51. The van der Waals surface area contributed by atoms with Crippen LogP contribution in [0.15, 0.2) is 17.6 Å². The summed E-state index contributed by atoms with van der Waals surface area (Å²) in [5.74, 6) is 0. The number of hydrogen-bond donors (Lipinski definition) is 4. The fourth-order valence-corrected chi connectivity index (χ4v) is 4.03. The van der Waals surface area contributed by atoms with E-state index < -0.39 is 30.0 Å². The molecule has 2 aromatic heterocycles. The second-order valence-electron chi connectivity index (χ2n) is 5.45. The van der Waals surface area contributed by atoms with E-state index in [0.29, 0.717) is 21.5 Å². The molecule has 1 aliphatic rings. The molecule has 0 spiro atoms. The van der Waals surface area contributed by atoms with Crippen molar-refractivity contribution >= 4 is 27.9 Å². The van der Waals surface area contributed by atoms with Crippen LogP contribution in [0.4, 0.5) is 5.69 Å². The van der Waals surface area contributed by atoms with Gasteiger partial charge in [0.15, 0.2) is 0 Å². The highest BCUT2D eigenvalue weighted by Gasteiger charge is 2.65. The first-order valence-corrected chi connectivity index (χ1v) is 7.49. The van der Waals surface area contributed by atoms with E-state index in [0.717, 1.165) is 0 Å². The van der Waals surface area contributed by atoms with Crippen molar-refractivity contribution in [1.29, 1.82) is 5.26 Å². The molecule has 1 saturated heterocycles. The van der Waals surface area contributed by atoms with Crippen molar-refractivity contribution in [2.75, 3.05) is 12.3 Å². The molecule has 3 heterocycles. The largest absolute Gasteiger partial charge is 0.398 e. The number of ether oxygens (including phenoxy) is 1. The Bertz CT molecular complexity index is 769. The Balaban J connectivity index is 2.27. The minimum absolute atomic E-state index is 0.359. The molecule has 2 aromatic rings. The van der Waals surface area contributed by atoms with E-state index in [1.165, 1.54) is 24.5 Å². The summed E-state index contributed by atoms with van der Waals surface area (Å²) in [5, 5.41) is 42.3. The predicted octanol–water partition coefficient (Wildman–Crippen LogP) is 0.100. The van der Waals surface area contributed by atoms with E-state index in [-0.39, 0.29) is 0 Å². The maximum absolute atomic E-state index is 10.7. The molecule has 0 bridgehead atoms. The number of nitrogen functional groups attached to an aromatic ring is 1. The Morgan fingerprint density at radius 3 is 2.91 bits per heavy atom. The van der Waals surface area contributed by atoms with Gasteiger partial charge >= 0.3 is 0 Å². The van der Waals surface area contributed by atoms with Crippen molar-refractivity contribution in [3.8, 4) is 6.07 Å². The number of hydrogen-bond acceptors (Lipinski definition) is 8. The summed E-state index contributed by atoms with van der Waals surface area (Å²) < 4.78 is 5.59. The molecule has 1 fully saturated rings. The predicted molar refractivity (Wildman–Crippen MR) is 79.9 cm³/mol. The Morgan fingerprint density at radius 1 is 1.59 bits per heavy atom. The molecule has 116 valence electrons. The van der Waals surface area contributed by atoms with Crippen molar-refractivity contribution in [1.82, 2.24) is 4.98 Å². The molecular formula is C14H15N3O4S. The number of aromatic nitrogens is 1. The minimum Gasteiger partial charge on any atom is -0.398 e. The topological polar surface area (TPSA) is 133 Å². The van der Waals surface area contributed by atoms with Crippen LogP contribution in [0.5, 0.6) is 0 Å². The molecule has 0 aliphatic carbocycles. The summed E-state index contributed by atoms with van der Waals surface area (Å²) >= 11 is 1.17. The standard InChI is InChI=1S/C14H15N3O4S/c1-13(20)11(19)9(4-18)21-14(13,6-15)12-10-7(5-22-12)8(16)2-3-17-10/h2-3,5,9,11,18-20H,4,16H2,1H3/t9-,11-,13-,14+/m1/s1. The Labute approximate surface area is 130 Å². The minimum atomic E-state index is -1.90. The van der Waals surface area contributed by atoms with Crippen molar-refractivity contribution in [2.45, 2.75) is 30.3 Å². The van der Waals surface area contributed by atoms with Crippen LogP contribution >= 0.6 is 11.3 Å². The van der Waals surface area contributed by atoms with Crippen molar-refractivity contribution in [3.63, 3.8) is 0 Å². The molecule has 1 aliphatic heterocycles. The lowest BCUT2D eigenvalue weighted by Gasteiger charge is -2.32. The molecule has 0 unspecified atom stereocenters. The first kappa shape index (κ1) is 15.1. The number of thiophene rings is 1. The fourth-order valence-electron chi connectivity index (χ4n) is 2.81. The number of nitrogens with zero attached hydrogens (tertiary/aromatic N) is 2. The Morgan fingerprint density at radius 2 is 2.32 bits per heavy atom. The number of nitriles is 1. The quantitative estimate of drug-likeness (QED) is 0.616. The number of nitrogens with two attached hydrogens (primary N) is 1.